The van der Waals surface area contributed by atoms with Gasteiger partial charge in [0.25, 0.3) is 5.69 Å². The van der Waals surface area contributed by atoms with Gasteiger partial charge in [0.1, 0.15) is 5.54 Å². The van der Waals surface area contributed by atoms with Crippen LogP contribution in [0.1, 0.15) is 19.8 Å². The van der Waals surface area contributed by atoms with Gasteiger partial charge in [-0.25, -0.2) is 13.6 Å². The average molecular weight is 286 g/mol. The Morgan fingerprint density at radius 2 is 2.10 bits per heavy atom. The standard InChI is InChI=1S/C12H12F2N2O4/c1-12(11(17)18,6-2-3-6)15-10-8(16(19)20)5-4-7(13)9(10)14/h4-6,15H,2-3H2,1H3,(H,17,18). The molecule has 0 saturated heterocycles. The summed E-state index contributed by atoms with van der Waals surface area (Å²) in [5, 5.41) is 22.4. The van der Waals surface area contributed by atoms with E-state index < -0.39 is 39.4 Å². The van der Waals surface area contributed by atoms with Crippen LogP contribution in [-0.2, 0) is 4.79 Å². The number of carboxylic acids is 1. The summed E-state index contributed by atoms with van der Waals surface area (Å²) >= 11 is 0. The number of rotatable bonds is 5. The zero-order chi connectivity index (χ0) is 15.1. The molecule has 1 atom stereocenters. The number of nitrogens with one attached hydrogen (secondary N) is 1. The molecule has 1 fully saturated rings. The highest BCUT2D eigenvalue weighted by atomic mass is 19.2. The van der Waals surface area contributed by atoms with Crippen molar-refractivity contribution in [3.63, 3.8) is 0 Å². The maximum absolute atomic E-state index is 13.8. The molecule has 8 heteroatoms. The minimum atomic E-state index is -1.57. The Balaban J connectivity index is 2.49. The number of carbonyl (C=O) groups is 1. The largest absolute Gasteiger partial charge is 0.480 e. The Morgan fingerprint density at radius 1 is 1.50 bits per heavy atom. The molecule has 0 aliphatic heterocycles. The van der Waals surface area contributed by atoms with Gasteiger partial charge in [-0.05, 0) is 31.7 Å². The van der Waals surface area contributed by atoms with Gasteiger partial charge in [-0.15, -0.1) is 0 Å². The lowest BCUT2D eigenvalue weighted by molar-refractivity contribution is -0.384. The van der Waals surface area contributed by atoms with Crippen molar-refractivity contribution in [3.05, 3.63) is 33.9 Å². The first-order chi connectivity index (χ1) is 9.27. The molecule has 108 valence electrons. The van der Waals surface area contributed by atoms with Crippen LogP contribution in [0.5, 0.6) is 0 Å². The zero-order valence-electron chi connectivity index (χ0n) is 10.5. The lowest BCUT2D eigenvalue weighted by atomic mass is 9.95. The summed E-state index contributed by atoms with van der Waals surface area (Å²) in [7, 11) is 0. The van der Waals surface area contributed by atoms with Crippen LogP contribution in [0.15, 0.2) is 12.1 Å². The molecule has 0 heterocycles. The Morgan fingerprint density at radius 3 is 2.55 bits per heavy atom. The molecule has 1 aliphatic carbocycles. The molecule has 6 nitrogen and oxygen atoms in total. The highest BCUT2D eigenvalue weighted by Gasteiger charge is 2.49. The highest BCUT2D eigenvalue weighted by Crippen LogP contribution is 2.43. The average Bonchev–Trinajstić information content (AvgIpc) is 3.18. The third-order valence-electron chi connectivity index (χ3n) is 3.49. The van der Waals surface area contributed by atoms with Crippen molar-refractivity contribution in [1.29, 1.82) is 0 Å². The minimum absolute atomic E-state index is 0.276. The Hall–Kier alpha value is -2.25. The molecule has 2 rings (SSSR count). The second-order valence-electron chi connectivity index (χ2n) is 4.92. The summed E-state index contributed by atoms with van der Waals surface area (Å²) in [5.74, 6) is -4.27. The fourth-order valence-electron chi connectivity index (χ4n) is 2.06. The summed E-state index contributed by atoms with van der Waals surface area (Å²) in [4.78, 5) is 21.3. The number of aliphatic carboxylic acids is 1. The van der Waals surface area contributed by atoms with Gasteiger partial charge in [0.2, 0.25) is 0 Å². The summed E-state index contributed by atoms with van der Waals surface area (Å²) < 4.78 is 27.0. The molecular weight excluding hydrogens is 274 g/mol. The van der Waals surface area contributed by atoms with Gasteiger partial charge in [-0.2, -0.15) is 0 Å². The summed E-state index contributed by atoms with van der Waals surface area (Å²) in [6.45, 7) is 1.31. The predicted molar refractivity (Wildman–Crippen MR) is 65.4 cm³/mol. The van der Waals surface area contributed by atoms with Crippen LogP contribution in [0.3, 0.4) is 0 Å². The van der Waals surface area contributed by atoms with Crippen molar-refractivity contribution < 1.29 is 23.6 Å². The number of nitro benzene ring substituents is 1. The second-order valence-corrected chi connectivity index (χ2v) is 4.92. The molecule has 1 saturated carbocycles. The number of hydrogen-bond acceptors (Lipinski definition) is 4. The number of benzene rings is 1. The van der Waals surface area contributed by atoms with Gasteiger partial charge in [-0.1, -0.05) is 0 Å². The number of nitrogens with zero attached hydrogens (tertiary/aromatic N) is 1. The molecule has 1 aromatic carbocycles. The molecule has 0 aromatic heterocycles. The van der Waals surface area contributed by atoms with E-state index in [-0.39, 0.29) is 5.92 Å². The van der Waals surface area contributed by atoms with Crippen LogP contribution in [-0.4, -0.2) is 21.5 Å². The van der Waals surface area contributed by atoms with Crippen molar-refractivity contribution >= 4 is 17.3 Å². The van der Waals surface area contributed by atoms with Crippen molar-refractivity contribution in [2.24, 2.45) is 5.92 Å². The van der Waals surface area contributed by atoms with E-state index in [0.717, 1.165) is 6.07 Å². The fourth-order valence-corrected chi connectivity index (χ4v) is 2.06. The molecular formula is C12H12F2N2O4. The molecule has 0 bridgehead atoms. The Bertz CT molecular complexity index is 589. The van der Waals surface area contributed by atoms with E-state index in [0.29, 0.717) is 18.9 Å². The third-order valence-corrected chi connectivity index (χ3v) is 3.49. The maximum atomic E-state index is 13.8. The predicted octanol–water partition coefficient (Wildman–Crippen LogP) is 2.54. The molecule has 0 spiro atoms. The van der Waals surface area contributed by atoms with Crippen LogP contribution >= 0.6 is 0 Å². The van der Waals surface area contributed by atoms with E-state index in [4.69, 9.17) is 0 Å². The van der Waals surface area contributed by atoms with E-state index >= 15 is 0 Å². The number of nitro groups is 1. The van der Waals surface area contributed by atoms with E-state index in [9.17, 15) is 28.8 Å². The van der Waals surface area contributed by atoms with E-state index in [1.54, 1.807) is 0 Å². The topological polar surface area (TPSA) is 92.5 Å². The van der Waals surface area contributed by atoms with Gasteiger partial charge in [-0.3, -0.25) is 10.1 Å². The molecule has 1 unspecified atom stereocenters. The zero-order valence-corrected chi connectivity index (χ0v) is 10.5. The van der Waals surface area contributed by atoms with Gasteiger partial charge in [0.15, 0.2) is 17.3 Å². The van der Waals surface area contributed by atoms with Crippen LogP contribution in [0.2, 0.25) is 0 Å². The van der Waals surface area contributed by atoms with E-state index in [1.807, 2.05) is 0 Å². The van der Waals surface area contributed by atoms with Crippen LogP contribution in [0.25, 0.3) is 0 Å². The van der Waals surface area contributed by atoms with Crippen molar-refractivity contribution in [2.45, 2.75) is 25.3 Å². The van der Waals surface area contributed by atoms with E-state index in [1.165, 1.54) is 6.92 Å². The smallest absolute Gasteiger partial charge is 0.329 e. The van der Waals surface area contributed by atoms with Gasteiger partial charge in [0, 0.05) is 6.07 Å². The van der Waals surface area contributed by atoms with Crippen molar-refractivity contribution in [1.82, 2.24) is 0 Å². The molecule has 0 amide bonds. The second kappa shape index (κ2) is 4.69. The SMILES string of the molecule is CC(Nc1c([N+](=O)[O-])ccc(F)c1F)(C(=O)O)C1CC1. The van der Waals surface area contributed by atoms with Crippen molar-refractivity contribution in [2.75, 3.05) is 5.32 Å². The quantitative estimate of drug-likeness (QED) is 0.641. The number of hydrogen-bond donors (Lipinski definition) is 2. The molecule has 0 radical (unpaired) electrons. The lowest BCUT2D eigenvalue weighted by Gasteiger charge is -2.27. The highest BCUT2D eigenvalue weighted by molar-refractivity contribution is 5.84. The maximum Gasteiger partial charge on any atom is 0.329 e. The molecule has 2 N–H and O–H groups in total. The van der Waals surface area contributed by atoms with Gasteiger partial charge in [0.05, 0.1) is 4.92 Å². The first-order valence-corrected chi connectivity index (χ1v) is 5.91. The fraction of sp³-hybridized carbons (Fsp3) is 0.417. The molecule has 1 aliphatic rings. The van der Waals surface area contributed by atoms with Gasteiger partial charge < -0.3 is 10.4 Å². The monoisotopic (exact) mass is 286 g/mol. The Labute approximate surface area is 112 Å². The minimum Gasteiger partial charge on any atom is -0.480 e. The van der Waals surface area contributed by atoms with Crippen LogP contribution in [0.4, 0.5) is 20.2 Å². The number of halogens is 2. The third kappa shape index (κ3) is 2.28. The molecule has 1 aromatic rings. The van der Waals surface area contributed by atoms with E-state index in [2.05, 4.69) is 5.32 Å². The lowest BCUT2D eigenvalue weighted by Crippen LogP contribution is -2.46. The summed E-state index contributed by atoms with van der Waals surface area (Å²) in [6, 6.07) is 1.43. The first kappa shape index (κ1) is 14.2. The summed E-state index contributed by atoms with van der Waals surface area (Å²) in [6.07, 6.45) is 1.22. The molecule has 20 heavy (non-hydrogen) atoms. The number of carboxylic acid groups (broad SMARTS) is 1. The van der Waals surface area contributed by atoms with Gasteiger partial charge >= 0.3 is 5.97 Å². The Kier molecular flexibility index (Phi) is 3.33. The van der Waals surface area contributed by atoms with Crippen LogP contribution in [0, 0.1) is 27.7 Å². The van der Waals surface area contributed by atoms with Crippen LogP contribution < -0.4 is 5.32 Å². The number of anilines is 1. The van der Waals surface area contributed by atoms with Crippen molar-refractivity contribution in [3.8, 4) is 0 Å². The first-order valence-electron chi connectivity index (χ1n) is 5.91. The summed E-state index contributed by atoms with van der Waals surface area (Å²) in [5.41, 5.74) is -3.00. The normalized spacial score (nSPS) is 17.4.